The second-order valence-electron chi connectivity index (χ2n) is 7.59. The van der Waals surface area contributed by atoms with Crippen LogP contribution in [0.4, 0.5) is 4.39 Å². The molecule has 1 heterocycles. The fourth-order valence-electron chi connectivity index (χ4n) is 3.95. The number of Topliss-reactive ketones (excluding diaryl/α,β-unsaturated/α-hetero) is 2. The van der Waals surface area contributed by atoms with Crippen molar-refractivity contribution in [1.82, 2.24) is 9.80 Å². The fourth-order valence-corrected chi connectivity index (χ4v) is 3.95. The maximum absolute atomic E-state index is 13.3. The van der Waals surface area contributed by atoms with Gasteiger partial charge in [-0.3, -0.25) is 14.4 Å². The minimum atomic E-state index is -1.14. The van der Waals surface area contributed by atoms with E-state index in [1.54, 1.807) is 0 Å². The average Bonchev–Trinajstić information content (AvgIpc) is 3.00. The SMILES string of the molecule is CCN(CC)CCN1C(=O)C(=O)C(C(=O)c2ccc(F)cc2)C1c1ccc(C)cc1. The first-order valence-corrected chi connectivity index (χ1v) is 10.3. The number of hydrogen-bond acceptors (Lipinski definition) is 4. The summed E-state index contributed by atoms with van der Waals surface area (Å²) in [5.74, 6) is -3.38. The van der Waals surface area contributed by atoms with Crippen molar-refractivity contribution in [3.63, 3.8) is 0 Å². The lowest BCUT2D eigenvalue weighted by Gasteiger charge is -2.29. The molecule has 1 aliphatic rings. The van der Waals surface area contributed by atoms with Crippen molar-refractivity contribution in [3.05, 3.63) is 71.0 Å². The fraction of sp³-hybridized carbons (Fsp3) is 0.375. The highest BCUT2D eigenvalue weighted by molar-refractivity contribution is 6.44. The largest absolute Gasteiger partial charge is 0.327 e. The van der Waals surface area contributed by atoms with E-state index >= 15 is 0 Å². The molecule has 1 aliphatic heterocycles. The number of rotatable bonds is 8. The second kappa shape index (κ2) is 9.30. The molecule has 2 aromatic carbocycles. The molecule has 1 amide bonds. The number of aryl methyl sites for hydroxylation is 1. The van der Waals surface area contributed by atoms with Crippen LogP contribution in [0.25, 0.3) is 0 Å². The van der Waals surface area contributed by atoms with Crippen molar-refractivity contribution < 1.29 is 18.8 Å². The van der Waals surface area contributed by atoms with Gasteiger partial charge in [0.25, 0.3) is 5.91 Å². The summed E-state index contributed by atoms with van der Waals surface area (Å²) >= 11 is 0. The van der Waals surface area contributed by atoms with E-state index < -0.39 is 35.3 Å². The van der Waals surface area contributed by atoms with Crippen LogP contribution in [0, 0.1) is 18.7 Å². The Balaban J connectivity index is 1.99. The Morgan fingerprint density at radius 3 is 2.17 bits per heavy atom. The third-order valence-electron chi connectivity index (χ3n) is 5.79. The average molecular weight is 410 g/mol. The van der Waals surface area contributed by atoms with Gasteiger partial charge in [-0.1, -0.05) is 43.7 Å². The molecule has 3 rings (SSSR count). The number of likely N-dealkylation sites (N-methyl/N-ethyl adjacent to an activating group) is 1. The molecule has 2 aromatic rings. The molecule has 1 saturated heterocycles. The van der Waals surface area contributed by atoms with Crippen LogP contribution in [-0.2, 0) is 9.59 Å². The number of halogens is 1. The first-order chi connectivity index (χ1) is 14.4. The molecule has 158 valence electrons. The maximum Gasteiger partial charge on any atom is 0.291 e. The molecule has 0 aliphatic carbocycles. The van der Waals surface area contributed by atoms with E-state index in [9.17, 15) is 18.8 Å². The lowest BCUT2D eigenvalue weighted by Crippen LogP contribution is -2.38. The first kappa shape index (κ1) is 21.8. The van der Waals surface area contributed by atoms with Crippen LogP contribution >= 0.6 is 0 Å². The molecule has 5 nitrogen and oxygen atoms in total. The van der Waals surface area contributed by atoms with Crippen LogP contribution in [0.15, 0.2) is 48.5 Å². The minimum absolute atomic E-state index is 0.227. The number of amides is 1. The van der Waals surface area contributed by atoms with E-state index in [0.717, 1.165) is 24.2 Å². The Morgan fingerprint density at radius 1 is 1.00 bits per heavy atom. The zero-order valence-corrected chi connectivity index (χ0v) is 17.6. The van der Waals surface area contributed by atoms with E-state index in [4.69, 9.17) is 0 Å². The summed E-state index contributed by atoms with van der Waals surface area (Å²) in [6.45, 7) is 8.68. The second-order valence-corrected chi connectivity index (χ2v) is 7.59. The van der Waals surface area contributed by atoms with Gasteiger partial charge >= 0.3 is 0 Å². The molecule has 2 atom stereocenters. The standard InChI is InChI=1S/C24H27FN2O3/c1-4-26(5-2)14-15-27-21(17-8-6-16(3)7-9-17)20(23(29)24(27)30)22(28)18-10-12-19(25)13-11-18/h6-13,20-21H,4-5,14-15H2,1-3H3. The van der Waals surface area contributed by atoms with Gasteiger partial charge in [0.2, 0.25) is 5.78 Å². The highest BCUT2D eigenvalue weighted by atomic mass is 19.1. The number of likely N-dealkylation sites (tertiary alicyclic amines) is 1. The molecule has 1 fully saturated rings. The van der Waals surface area contributed by atoms with E-state index in [1.165, 1.54) is 29.2 Å². The normalized spacial score (nSPS) is 19.0. The molecule has 30 heavy (non-hydrogen) atoms. The lowest BCUT2D eigenvalue weighted by atomic mass is 9.86. The van der Waals surface area contributed by atoms with Crippen molar-refractivity contribution in [1.29, 1.82) is 0 Å². The van der Waals surface area contributed by atoms with Gasteiger partial charge in [0.05, 0.1) is 6.04 Å². The number of benzene rings is 2. The molecule has 0 N–H and O–H groups in total. The number of ketones is 2. The van der Waals surface area contributed by atoms with Crippen LogP contribution in [0.3, 0.4) is 0 Å². The third kappa shape index (κ3) is 4.33. The van der Waals surface area contributed by atoms with Crippen molar-refractivity contribution in [2.75, 3.05) is 26.2 Å². The number of carbonyl (C=O) groups excluding carboxylic acids is 3. The Bertz CT molecular complexity index is 920. The van der Waals surface area contributed by atoms with Crippen molar-refractivity contribution in [2.24, 2.45) is 5.92 Å². The number of hydrogen-bond donors (Lipinski definition) is 0. The van der Waals surface area contributed by atoms with Crippen LogP contribution in [0.2, 0.25) is 0 Å². The van der Waals surface area contributed by atoms with E-state index in [0.29, 0.717) is 13.1 Å². The van der Waals surface area contributed by atoms with E-state index in [-0.39, 0.29) is 5.56 Å². The summed E-state index contributed by atoms with van der Waals surface area (Å²) in [6, 6.07) is 12.0. The van der Waals surface area contributed by atoms with Crippen molar-refractivity contribution in [2.45, 2.75) is 26.8 Å². The van der Waals surface area contributed by atoms with E-state index in [2.05, 4.69) is 4.90 Å². The summed E-state index contributed by atoms with van der Waals surface area (Å²) in [5.41, 5.74) is 2.02. The van der Waals surface area contributed by atoms with Gasteiger partial charge in [-0.05, 0) is 49.8 Å². The molecule has 0 bridgehead atoms. The molecule has 6 heteroatoms. The highest BCUT2D eigenvalue weighted by Gasteiger charge is 2.51. The van der Waals surface area contributed by atoms with E-state index in [1.807, 2.05) is 45.0 Å². The zero-order chi connectivity index (χ0) is 21.8. The lowest BCUT2D eigenvalue weighted by molar-refractivity contribution is -0.140. The van der Waals surface area contributed by atoms with Gasteiger partial charge in [0.1, 0.15) is 11.7 Å². The smallest absolute Gasteiger partial charge is 0.291 e. The first-order valence-electron chi connectivity index (χ1n) is 10.3. The van der Waals surface area contributed by atoms with Gasteiger partial charge in [-0.15, -0.1) is 0 Å². The highest BCUT2D eigenvalue weighted by Crippen LogP contribution is 2.38. The van der Waals surface area contributed by atoms with Crippen LogP contribution in [0.5, 0.6) is 0 Å². The van der Waals surface area contributed by atoms with Gasteiger partial charge in [0.15, 0.2) is 5.78 Å². The zero-order valence-electron chi connectivity index (χ0n) is 17.6. The molecule has 0 radical (unpaired) electrons. The van der Waals surface area contributed by atoms with Crippen molar-refractivity contribution in [3.8, 4) is 0 Å². The molecular formula is C24H27FN2O3. The van der Waals surface area contributed by atoms with Gasteiger partial charge in [-0.2, -0.15) is 0 Å². The Kier molecular flexibility index (Phi) is 6.77. The molecular weight excluding hydrogens is 383 g/mol. The quantitative estimate of drug-likeness (QED) is 0.380. The number of carbonyl (C=O) groups is 3. The number of nitrogens with zero attached hydrogens (tertiary/aromatic N) is 2. The summed E-state index contributed by atoms with van der Waals surface area (Å²) in [7, 11) is 0. The Morgan fingerprint density at radius 2 is 1.60 bits per heavy atom. The monoisotopic (exact) mass is 410 g/mol. The van der Waals surface area contributed by atoms with Gasteiger partial charge in [-0.25, -0.2) is 4.39 Å². The summed E-state index contributed by atoms with van der Waals surface area (Å²) in [4.78, 5) is 42.7. The van der Waals surface area contributed by atoms with Crippen LogP contribution in [0.1, 0.15) is 41.4 Å². The molecule has 0 spiro atoms. The summed E-state index contributed by atoms with van der Waals surface area (Å²) in [5, 5.41) is 0. The summed E-state index contributed by atoms with van der Waals surface area (Å²) < 4.78 is 13.3. The molecule has 2 unspecified atom stereocenters. The maximum atomic E-state index is 13.3. The predicted molar refractivity (Wildman–Crippen MR) is 113 cm³/mol. The topological polar surface area (TPSA) is 57.7 Å². The van der Waals surface area contributed by atoms with Crippen molar-refractivity contribution >= 4 is 17.5 Å². The Labute approximate surface area is 176 Å². The van der Waals surface area contributed by atoms with Crippen LogP contribution < -0.4 is 0 Å². The van der Waals surface area contributed by atoms with Crippen LogP contribution in [-0.4, -0.2) is 53.5 Å². The predicted octanol–water partition coefficient (Wildman–Crippen LogP) is 3.43. The minimum Gasteiger partial charge on any atom is -0.327 e. The molecule has 0 aromatic heterocycles. The van der Waals surface area contributed by atoms with Gasteiger partial charge in [0, 0.05) is 18.7 Å². The molecule has 0 saturated carbocycles. The third-order valence-corrected chi connectivity index (χ3v) is 5.79. The van der Waals surface area contributed by atoms with Gasteiger partial charge < -0.3 is 9.80 Å². The Hall–Kier alpha value is -2.86. The summed E-state index contributed by atoms with van der Waals surface area (Å²) in [6.07, 6.45) is 0.